The Morgan fingerprint density at radius 1 is 1.04 bits per heavy atom. The minimum atomic E-state index is -0.901. The van der Waals surface area contributed by atoms with Crippen LogP contribution < -0.4 is 16.4 Å². The van der Waals surface area contributed by atoms with E-state index in [0.717, 1.165) is 53.0 Å². The monoisotopic (exact) mass is 711 g/mol. The van der Waals surface area contributed by atoms with E-state index in [1.807, 2.05) is 49.3 Å². The molecule has 0 aliphatic heterocycles. The summed E-state index contributed by atoms with van der Waals surface area (Å²) in [5, 5.41) is 20.9. The standard InChI is InChI=1S/C39H53N9O4/c1-23(6-5-8-48-9-7-41-38(48)40)35(50)43-32(16-31-24(2)10-30(49)11-25(31)3)36(51)44-33(15-29-21-47(4)22-42-29)37-45-34(46-52-37)20-39-17-26-12-27(18-39)14-28(13-26)19-39/h7,9-11,21-23,26-28,32-33,49H,5-6,8,12-20H2,1-4H3,(H2,40,41)(H,43,50)(H,44,51)/t23-,26?,27?,28?,32+,33+,39?/m1/s1. The van der Waals surface area contributed by atoms with Crippen LogP contribution in [0.3, 0.4) is 0 Å². The van der Waals surface area contributed by atoms with Crippen molar-refractivity contribution in [3.63, 3.8) is 0 Å². The van der Waals surface area contributed by atoms with Gasteiger partial charge in [0.1, 0.15) is 17.8 Å². The zero-order valence-corrected chi connectivity index (χ0v) is 30.8. The number of aromatic nitrogens is 6. The maximum absolute atomic E-state index is 14.4. The molecule has 0 radical (unpaired) electrons. The number of amides is 2. The van der Waals surface area contributed by atoms with Crippen molar-refractivity contribution in [1.29, 1.82) is 0 Å². The maximum Gasteiger partial charge on any atom is 0.249 e. The number of aryl methyl sites for hydroxylation is 4. The summed E-state index contributed by atoms with van der Waals surface area (Å²) in [6, 6.07) is 1.80. The highest BCUT2D eigenvalue weighted by Gasteiger charge is 2.51. The number of hydrogen-bond donors (Lipinski definition) is 4. The van der Waals surface area contributed by atoms with E-state index in [1.54, 1.807) is 24.7 Å². The minimum Gasteiger partial charge on any atom is -0.508 e. The summed E-state index contributed by atoms with van der Waals surface area (Å²) in [6.45, 7) is 6.31. The number of phenols is 1. The van der Waals surface area contributed by atoms with Crippen LogP contribution in [0.25, 0.3) is 0 Å². The average molecular weight is 712 g/mol. The lowest BCUT2D eigenvalue weighted by Gasteiger charge is -2.56. The lowest BCUT2D eigenvalue weighted by atomic mass is 9.49. The van der Waals surface area contributed by atoms with Crippen LogP contribution in [0, 0.1) is 42.9 Å². The van der Waals surface area contributed by atoms with Gasteiger partial charge in [-0.3, -0.25) is 9.59 Å². The second-order valence-corrected chi connectivity index (χ2v) is 16.3. The summed E-state index contributed by atoms with van der Waals surface area (Å²) in [5.74, 6) is 3.17. The highest BCUT2D eigenvalue weighted by molar-refractivity contribution is 5.89. The van der Waals surface area contributed by atoms with E-state index < -0.39 is 12.1 Å². The highest BCUT2D eigenvalue weighted by Crippen LogP contribution is 2.60. The van der Waals surface area contributed by atoms with Gasteiger partial charge in [-0.05, 0) is 117 Å². The minimum absolute atomic E-state index is 0.159. The fraction of sp³-hybridized carbons (Fsp3) is 0.590. The number of phenolic OH excluding ortho intramolecular Hbond substituents is 1. The van der Waals surface area contributed by atoms with Crippen molar-refractivity contribution in [2.45, 2.75) is 110 Å². The van der Waals surface area contributed by atoms with Crippen LogP contribution in [0.15, 0.2) is 41.6 Å². The van der Waals surface area contributed by atoms with Crippen molar-refractivity contribution >= 4 is 17.8 Å². The Hall–Kier alpha value is -4.68. The van der Waals surface area contributed by atoms with Crippen LogP contribution in [0.4, 0.5) is 5.95 Å². The van der Waals surface area contributed by atoms with Gasteiger partial charge in [-0.1, -0.05) is 12.1 Å². The van der Waals surface area contributed by atoms with Crippen molar-refractivity contribution in [1.82, 2.24) is 39.9 Å². The topological polar surface area (TPSA) is 179 Å². The molecule has 0 spiro atoms. The molecule has 2 amide bonds. The zero-order chi connectivity index (χ0) is 36.6. The molecule has 4 fully saturated rings. The Bertz CT molecular complexity index is 1830. The van der Waals surface area contributed by atoms with Gasteiger partial charge >= 0.3 is 0 Å². The molecule has 278 valence electrons. The van der Waals surface area contributed by atoms with Crippen LogP contribution in [0.2, 0.25) is 0 Å². The lowest BCUT2D eigenvalue weighted by Crippen LogP contribution is -2.50. The molecule has 4 aliphatic carbocycles. The SMILES string of the molecule is Cc1cc(O)cc(C)c1C[C@H](NC(=O)[C@H](C)CCCn1ccnc1N)C(=O)N[C@@H](Cc1cn(C)cn1)c1nc(CC23CC4CC(CC(C4)C2)C3)no1. The van der Waals surface area contributed by atoms with Crippen molar-refractivity contribution in [3.05, 3.63) is 71.1 Å². The fourth-order valence-corrected chi connectivity index (χ4v) is 9.83. The van der Waals surface area contributed by atoms with E-state index >= 15 is 0 Å². The molecule has 13 heteroatoms. The predicted octanol–water partition coefficient (Wildman–Crippen LogP) is 4.91. The lowest BCUT2D eigenvalue weighted by molar-refractivity contribution is -0.131. The third kappa shape index (κ3) is 8.03. The predicted molar refractivity (Wildman–Crippen MR) is 195 cm³/mol. The number of imidazole rings is 2. The molecule has 1 aromatic carbocycles. The Balaban J connectivity index is 1.09. The molecule has 4 aromatic rings. The van der Waals surface area contributed by atoms with E-state index in [4.69, 9.17) is 15.2 Å². The third-order valence-corrected chi connectivity index (χ3v) is 11.9. The van der Waals surface area contributed by atoms with Crippen LogP contribution >= 0.6 is 0 Å². The molecule has 0 saturated heterocycles. The molecule has 3 atom stereocenters. The third-order valence-electron chi connectivity index (χ3n) is 11.9. The maximum atomic E-state index is 14.4. The number of nitrogens with zero attached hydrogens (tertiary/aromatic N) is 6. The number of anilines is 1. The number of carbonyl (C=O) groups is 2. The smallest absolute Gasteiger partial charge is 0.249 e. The normalized spacial score (nSPS) is 23.7. The van der Waals surface area contributed by atoms with Crippen molar-refractivity contribution in [2.75, 3.05) is 5.73 Å². The molecule has 4 saturated carbocycles. The zero-order valence-electron chi connectivity index (χ0n) is 30.8. The fourth-order valence-electron chi connectivity index (χ4n) is 9.83. The van der Waals surface area contributed by atoms with Gasteiger partial charge in [0.25, 0.3) is 0 Å². The second-order valence-electron chi connectivity index (χ2n) is 16.3. The molecule has 0 unspecified atom stereocenters. The largest absolute Gasteiger partial charge is 0.508 e. The number of rotatable bonds is 15. The Kier molecular flexibility index (Phi) is 10.1. The van der Waals surface area contributed by atoms with Crippen molar-refractivity contribution < 1.29 is 19.2 Å². The summed E-state index contributed by atoms with van der Waals surface area (Å²) >= 11 is 0. The quantitative estimate of drug-likeness (QED) is 0.133. The Labute approximate surface area is 305 Å². The first-order valence-corrected chi connectivity index (χ1v) is 18.9. The van der Waals surface area contributed by atoms with Crippen molar-refractivity contribution in [3.8, 4) is 5.75 Å². The van der Waals surface area contributed by atoms with Crippen LogP contribution in [0.5, 0.6) is 5.75 Å². The van der Waals surface area contributed by atoms with Crippen LogP contribution in [-0.4, -0.2) is 52.2 Å². The summed E-state index contributed by atoms with van der Waals surface area (Å²) in [5.41, 5.74) is 9.50. The molecule has 3 aromatic heterocycles. The van der Waals surface area contributed by atoms with Crippen molar-refractivity contribution in [2.24, 2.45) is 36.1 Å². The summed E-state index contributed by atoms with van der Waals surface area (Å²) in [6.07, 6.45) is 17.6. The van der Waals surface area contributed by atoms with Gasteiger partial charge in [0.2, 0.25) is 17.7 Å². The number of benzene rings is 1. The van der Waals surface area contributed by atoms with Gasteiger partial charge in [0, 0.05) is 57.4 Å². The van der Waals surface area contributed by atoms with E-state index in [9.17, 15) is 14.7 Å². The van der Waals surface area contributed by atoms with Gasteiger partial charge in [-0.2, -0.15) is 4.98 Å². The molecule has 52 heavy (non-hydrogen) atoms. The van der Waals surface area contributed by atoms with E-state index in [1.165, 1.54) is 38.5 Å². The molecule has 3 heterocycles. The van der Waals surface area contributed by atoms with E-state index in [-0.39, 0.29) is 35.3 Å². The van der Waals surface area contributed by atoms with Gasteiger partial charge in [-0.25, -0.2) is 9.97 Å². The number of hydrogen-bond acceptors (Lipinski definition) is 9. The molecular formula is C39H53N9O4. The highest BCUT2D eigenvalue weighted by atomic mass is 16.5. The summed E-state index contributed by atoms with van der Waals surface area (Å²) < 4.78 is 9.65. The van der Waals surface area contributed by atoms with Gasteiger partial charge in [0.05, 0.1) is 12.0 Å². The summed E-state index contributed by atoms with van der Waals surface area (Å²) in [4.78, 5) is 41.5. The first-order chi connectivity index (χ1) is 24.9. The number of carbonyl (C=O) groups excluding carboxylic acids is 2. The molecule has 4 bridgehead atoms. The molecule has 5 N–H and O–H groups in total. The molecule has 8 rings (SSSR count). The van der Waals surface area contributed by atoms with Crippen LogP contribution in [-0.2, 0) is 42.4 Å². The van der Waals surface area contributed by atoms with Gasteiger partial charge in [-0.15, -0.1) is 0 Å². The average Bonchev–Trinajstić information content (AvgIpc) is 3.82. The van der Waals surface area contributed by atoms with Crippen LogP contribution in [0.1, 0.15) is 98.4 Å². The first kappa shape index (κ1) is 35.7. The van der Waals surface area contributed by atoms with E-state index in [2.05, 4.69) is 25.8 Å². The second kappa shape index (κ2) is 14.7. The van der Waals surface area contributed by atoms with E-state index in [0.29, 0.717) is 37.0 Å². The van der Waals surface area contributed by atoms with Gasteiger partial charge in [0.15, 0.2) is 11.8 Å². The molecule has 4 aliphatic rings. The summed E-state index contributed by atoms with van der Waals surface area (Å²) in [7, 11) is 1.90. The molecular weight excluding hydrogens is 658 g/mol. The number of nitrogen functional groups attached to an aromatic ring is 1. The number of nitrogens with two attached hydrogens (primary N) is 1. The molecule has 13 nitrogen and oxygen atoms in total. The Morgan fingerprint density at radius 2 is 1.73 bits per heavy atom. The Morgan fingerprint density at radius 3 is 2.35 bits per heavy atom. The number of aromatic hydroxyl groups is 1. The first-order valence-electron chi connectivity index (χ1n) is 18.9. The number of nitrogens with one attached hydrogen (secondary N) is 2. The van der Waals surface area contributed by atoms with Gasteiger partial charge < -0.3 is 35.1 Å².